The van der Waals surface area contributed by atoms with Crippen molar-refractivity contribution in [3.05, 3.63) is 66.0 Å². The number of benzene rings is 2. The van der Waals surface area contributed by atoms with Crippen LogP contribution in [0.15, 0.2) is 54.7 Å². The number of anilines is 1. The average molecular weight is 449 g/mol. The van der Waals surface area contributed by atoms with Crippen LogP contribution < -0.4 is 14.4 Å². The number of hydrogen-bond acceptors (Lipinski definition) is 7. The molecule has 1 saturated heterocycles. The van der Waals surface area contributed by atoms with Crippen molar-refractivity contribution in [1.82, 2.24) is 14.9 Å². The number of ether oxygens (including phenoxy) is 3. The molecule has 3 aromatic rings. The lowest BCUT2D eigenvalue weighted by molar-refractivity contribution is -0.0244. The fourth-order valence-corrected chi connectivity index (χ4v) is 3.78. The van der Waals surface area contributed by atoms with Gasteiger partial charge >= 0.3 is 0 Å². The third-order valence-electron chi connectivity index (χ3n) is 5.58. The van der Waals surface area contributed by atoms with Gasteiger partial charge in [-0.05, 0) is 35.9 Å². The van der Waals surface area contributed by atoms with E-state index in [0.29, 0.717) is 37.0 Å². The number of carbonyl (C=O) groups is 1. The van der Waals surface area contributed by atoms with Crippen LogP contribution >= 0.6 is 0 Å². The number of nitrogens with zero attached hydrogens (tertiary/aromatic N) is 4. The normalized spacial score (nSPS) is 15.8. The number of aromatic nitrogens is 2. The smallest absolute Gasteiger partial charge is 0.254 e. The summed E-state index contributed by atoms with van der Waals surface area (Å²) in [6, 6.07) is 14.9. The van der Waals surface area contributed by atoms with Crippen LogP contribution in [0.3, 0.4) is 0 Å². The molecule has 1 fully saturated rings. The molecule has 1 aliphatic rings. The zero-order chi connectivity index (χ0) is 23.4. The molecule has 33 heavy (non-hydrogen) atoms. The maximum atomic E-state index is 13.2. The first-order valence-corrected chi connectivity index (χ1v) is 10.7. The van der Waals surface area contributed by atoms with E-state index in [1.807, 2.05) is 61.6 Å². The van der Waals surface area contributed by atoms with Gasteiger partial charge in [0.1, 0.15) is 17.6 Å². The third kappa shape index (κ3) is 4.90. The fourth-order valence-electron chi connectivity index (χ4n) is 3.78. The maximum absolute atomic E-state index is 13.2. The molecule has 4 rings (SSSR count). The van der Waals surface area contributed by atoms with E-state index in [1.165, 1.54) is 0 Å². The van der Waals surface area contributed by atoms with Gasteiger partial charge in [0.25, 0.3) is 5.91 Å². The molecule has 8 nitrogen and oxygen atoms in total. The molecule has 0 aliphatic carbocycles. The molecular formula is C25H28N4O4. The van der Waals surface area contributed by atoms with Gasteiger partial charge in [0.15, 0.2) is 0 Å². The molecule has 1 aliphatic heterocycles. The summed E-state index contributed by atoms with van der Waals surface area (Å²) < 4.78 is 16.7. The highest BCUT2D eigenvalue weighted by Crippen LogP contribution is 2.33. The minimum absolute atomic E-state index is 0.0601. The largest absolute Gasteiger partial charge is 0.497 e. The quantitative estimate of drug-likeness (QED) is 0.572. The Morgan fingerprint density at radius 1 is 1.09 bits per heavy atom. The lowest BCUT2D eigenvalue weighted by Gasteiger charge is -2.33. The van der Waals surface area contributed by atoms with Gasteiger partial charge in [0.2, 0.25) is 5.95 Å². The van der Waals surface area contributed by atoms with Crippen LogP contribution in [0.25, 0.3) is 11.1 Å². The number of amides is 1. The van der Waals surface area contributed by atoms with E-state index in [9.17, 15) is 4.79 Å². The zero-order valence-corrected chi connectivity index (χ0v) is 19.3. The minimum Gasteiger partial charge on any atom is -0.497 e. The molecule has 172 valence electrons. The number of rotatable bonds is 6. The predicted octanol–water partition coefficient (Wildman–Crippen LogP) is 3.44. The lowest BCUT2D eigenvalue weighted by atomic mass is 10.0. The summed E-state index contributed by atoms with van der Waals surface area (Å²) in [5.74, 6) is 1.95. The van der Waals surface area contributed by atoms with Gasteiger partial charge < -0.3 is 24.0 Å². The van der Waals surface area contributed by atoms with E-state index in [1.54, 1.807) is 31.3 Å². The molecule has 1 aromatic heterocycles. The second-order valence-corrected chi connectivity index (χ2v) is 7.93. The van der Waals surface area contributed by atoms with E-state index in [-0.39, 0.29) is 12.0 Å². The highest BCUT2D eigenvalue weighted by Gasteiger charge is 2.30. The van der Waals surface area contributed by atoms with Crippen molar-refractivity contribution in [2.24, 2.45) is 0 Å². The number of hydrogen-bond donors (Lipinski definition) is 0. The van der Waals surface area contributed by atoms with Gasteiger partial charge in [-0.15, -0.1) is 0 Å². The van der Waals surface area contributed by atoms with E-state index < -0.39 is 0 Å². The van der Waals surface area contributed by atoms with Crippen LogP contribution in [0.2, 0.25) is 0 Å². The number of methoxy groups -OCH3 is 2. The molecular weight excluding hydrogens is 420 g/mol. The Balaban J connectivity index is 1.66. The second kappa shape index (κ2) is 9.87. The molecule has 1 atom stereocenters. The number of carbonyl (C=O) groups excluding carboxylic acids is 1. The maximum Gasteiger partial charge on any atom is 0.254 e. The van der Waals surface area contributed by atoms with Gasteiger partial charge in [-0.3, -0.25) is 4.79 Å². The zero-order valence-electron chi connectivity index (χ0n) is 19.3. The highest BCUT2D eigenvalue weighted by atomic mass is 16.5. The van der Waals surface area contributed by atoms with Crippen molar-refractivity contribution in [2.45, 2.75) is 6.10 Å². The molecule has 2 aromatic carbocycles. The Bertz CT molecular complexity index is 1120. The van der Waals surface area contributed by atoms with Gasteiger partial charge in [-0.2, -0.15) is 0 Å². The molecule has 2 heterocycles. The Kier molecular flexibility index (Phi) is 6.74. The lowest BCUT2D eigenvalue weighted by Crippen LogP contribution is -2.42. The molecule has 1 amide bonds. The highest BCUT2D eigenvalue weighted by molar-refractivity contribution is 5.94. The summed E-state index contributed by atoms with van der Waals surface area (Å²) in [4.78, 5) is 26.2. The summed E-state index contributed by atoms with van der Waals surface area (Å²) in [6.45, 7) is 1.32. The van der Waals surface area contributed by atoms with Crippen molar-refractivity contribution < 1.29 is 19.0 Å². The summed E-state index contributed by atoms with van der Waals surface area (Å²) in [5.41, 5.74) is 3.16. The van der Waals surface area contributed by atoms with Crippen LogP contribution in [-0.2, 0) is 4.74 Å². The predicted molar refractivity (Wildman–Crippen MR) is 126 cm³/mol. The van der Waals surface area contributed by atoms with Crippen LogP contribution in [0.5, 0.6) is 11.5 Å². The van der Waals surface area contributed by atoms with Crippen molar-refractivity contribution >= 4 is 11.9 Å². The summed E-state index contributed by atoms with van der Waals surface area (Å²) in [6.07, 6.45) is 1.43. The summed E-state index contributed by atoms with van der Waals surface area (Å²) in [7, 11) is 7.02. The van der Waals surface area contributed by atoms with Gasteiger partial charge in [0.05, 0.1) is 33.1 Å². The molecule has 0 spiro atoms. The second-order valence-electron chi connectivity index (χ2n) is 7.93. The van der Waals surface area contributed by atoms with Crippen molar-refractivity contribution in [3.8, 4) is 22.6 Å². The van der Waals surface area contributed by atoms with Crippen LogP contribution in [0, 0.1) is 0 Å². The van der Waals surface area contributed by atoms with Gasteiger partial charge in [-0.1, -0.05) is 18.2 Å². The molecule has 0 saturated carbocycles. The van der Waals surface area contributed by atoms with Crippen molar-refractivity contribution in [2.75, 3.05) is 52.9 Å². The Morgan fingerprint density at radius 3 is 2.55 bits per heavy atom. The summed E-state index contributed by atoms with van der Waals surface area (Å²) >= 11 is 0. The van der Waals surface area contributed by atoms with Crippen LogP contribution in [-0.4, -0.2) is 68.8 Å². The standard InChI is InChI=1S/C25H28N4O4/c1-28(2)25-26-15-21(17-8-10-19(31-3)11-9-17)23(27-25)22-16-29(12-13-33-22)24(30)18-6-5-7-20(14-18)32-4/h5-11,14-15,22H,12-13,16H2,1-4H3/t22-/m1/s1. The molecule has 0 radical (unpaired) electrons. The first kappa shape index (κ1) is 22.5. The average Bonchev–Trinajstić information content (AvgIpc) is 2.88. The molecule has 0 bridgehead atoms. The van der Waals surface area contributed by atoms with E-state index in [0.717, 1.165) is 22.6 Å². The minimum atomic E-state index is -0.382. The first-order valence-electron chi connectivity index (χ1n) is 10.7. The van der Waals surface area contributed by atoms with Gasteiger partial charge in [0, 0.05) is 38.0 Å². The SMILES string of the molecule is COc1ccc(-c2cnc(N(C)C)nc2[C@H]2CN(C(=O)c3cccc(OC)c3)CCO2)cc1. The van der Waals surface area contributed by atoms with Crippen LogP contribution in [0.4, 0.5) is 5.95 Å². The fraction of sp³-hybridized carbons (Fsp3) is 0.320. The Morgan fingerprint density at radius 2 is 1.85 bits per heavy atom. The topological polar surface area (TPSA) is 77.0 Å². The summed E-state index contributed by atoms with van der Waals surface area (Å²) in [5, 5.41) is 0. The number of morpholine rings is 1. The van der Waals surface area contributed by atoms with Crippen molar-refractivity contribution in [1.29, 1.82) is 0 Å². The molecule has 0 N–H and O–H groups in total. The van der Waals surface area contributed by atoms with Gasteiger partial charge in [-0.25, -0.2) is 9.97 Å². The molecule has 8 heteroatoms. The van der Waals surface area contributed by atoms with E-state index >= 15 is 0 Å². The van der Waals surface area contributed by atoms with E-state index in [2.05, 4.69) is 4.98 Å². The van der Waals surface area contributed by atoms with E-state index in [4.69, 9.17) is 19.2 Å². The Hall–Kier alpha value is -3.65. The Labute approximate surface area is 193 Å². The third-order valence-corrected chi connectivity index (χ3v) is 5.58. The van der Waals surface area contributed by atoms with Crippen LogP contribution in [0.1, 0.15) is 22.2 Å². The monoisotopic (exact) mass is 448 g/mol. The first-order chi connectivity index (χ1) is 16.0. The molecule has 0 unspecified atom stereocenters. The van der Waals surface area contributed by atoms with Crippen molar-refractivity contribution in [3.63, 3.8) is 0 Å².